The highest BCUT2D eigenvalue weighted by atomic mass is 35.5. The summed E-state index contributed by atoms with van der Waals surface area (Å²) in [6, 6.07) is 18.0. The van der Waals surface area contributed by atoms with Crippen molar-refractivity contribution in [1.29, 1.82) is 0 Å². The fourth-order valence-corrected chi connectivity index (χ4v) is 9.59. The van der Waals surface area contributed by atoms with E-state index in [0.717, 1.165) is 111 Å². The molecule has 10 rings (SSSR count). The molecular formula is C45H47ClN10O4. The van der Waals surface area contributed by atoms with Gasteiger partial charge >= 0.3 is 11.9 Å². The predicted molar refractivity (Wildman–Crippen MR) is 233 cm³/mol. The van der Waals surface area contributed by atoms with Crippen LogP contribution in [0.4, 0.5) is 11.6 Å². The number of aliphatic carboxylic acids is 2. The fraction of sp³-hybridized carbons (Fsp3) is 0.333. The molecule has 2 aliphatic rings. The predicted octanol–water partition coefficient (Wildman–Crippen LogP) is 9.16. The second-order valence-corrected chi connectivity index (χ2v) is 16.6. The van der Waals surface area contributed by atoms with Crippen molar-refractivity contribution < 1.29 is 19.8 Å². The summed E-state index contributed by atoms with van der Waals surface area (Å²) < 4.78 is 4.24. The average Bonchev–Trinajstić information content (AvgIpc) is 4.06. The van der Waals surface area contributed by atoms with Crippen molar-refractivity contribution in [2.45, 2.75) is 83.5 Å². The van der Waals surface area contributed by atoms with Crippen LogP contribution in [0.1, 0.15) is 93.2 Å². The zero-order valence-corrected chi connectivity index (χ0v) is 34.2. The Bertz CT molecular complexity index is 2900. The number of aromatic amines is 2. The topological polar surface area (TPSA) is 219 Å². The monoisotopic (exact) mass is 826 g/mol. The van der Waals surface area contributed by atoms with Crippen LogP contribution >= 0.6 is 11.6 Å². The van der Waals surface area contributed by atoms with Crippen molar-refractivity contribution >= 4 is 68.0 Å². The third kappa shape index (κ3) is 6.87. The number of aryl methyl sites for hydroxylation is 2. The lowest BCUT2D eigenvalue weighted by Gasteiger charge is -2.25. The Hall–Kier alpha value is -6.41. The molecule has 0 saturated heterocycles. The number of nitrogens with two attached hydrogens (primary N) is 2. The van der Waals surface area contributed by atoms with Gasteiger partial charge in [-0.1, -0.05) is 48.9 Å². The van der Waals surface area contributed by atoms with Gasteiger partial charge in [0.05, 0.1) is 33.8 Å². The number of nitrogens with zero attached hydrogens (tertiary/aromatic N) is 6. The molecule has 0 atom stereocenters. The second-order valence-electron chi connectivity index (χ2n) is 16.2. The van der Waals surface area contributed by atoms with Crippen molar-refractivity contribution in [2.24, 2.45) is 11.8 Å². The number of nitrogen functional groups attached to an aromatic ring is 2. The number of carboxylic acid groups (broad SMARTS) is 2. The smallest absolute Gasteiger partial charge is 0.306 e. The van der Waals surface area contributed by atoms with E-state index in [-0.39, 0.29) is 23.7 Å². The van der Waals surface area contributed by atoms with Crippen LogP contribution in [0.15, 0.2) is 67.0 Å². The molecule has 60 heavy (non-hydrogen) atoms. The number of imidazole rings is 2. The lowest BCUT2D eigenvalue weighted by molar-refractivity contribution is -0.143. The van der Waals surface area contributed by atoms with Gasteiger partial charge in [0.2, 0.25) is 0 Å². The van der Waals surface area contributed by atoms with Crippen LogP contribution in [0.2, 0.25) is 5.02 Å². The minimum absolute atomic E-state index is 0.176. The van der Waals surface area contributed by atoms with Crippen LogP contribution < -0.4 is 11.5 Å². The first-order valence-corrected chi connectivity index (χ1v) is 21.0. The molecule has 2 aromatic carbocycles. The van der Waals surface area contributed by atoms with Crippen LogP contribution in [0.25, 0.3) is 55.6 Å². The molecule has 6 aromatic heterocycles. The number of anilines is 2. The Balaban J connectivity index is 0.000000154. The third-order valence-corrected chi connectivity index (χ3v) is 12.9. The largest absolute Gasteiger partial charge is 0.481 e. The van der Waals surface area contributed by atoms with Gasteiger partial charge in [-0.25, -0.2) is 19.9 Å². The summed E-state index contributed by atoms with van der Waals surface area (Å²) in [5, 5.41) is 21.5. The maximum absolute atomic E-state index is 11.4. The van der Waals surface area contributed by atoms with E-state index in [1.165, 1.54) is 0 Å². The molecule has 0 amide bonds. The standard InChI is InChI=1S/C23H25N5O2.C22H22ClN5O2/c1-2-16-12-25-21(24)20-19(18-11-15-5-3-4-6-17(15)26-18)27-22(28(16)20)13-7-9-14(10-8-13)23(29)30;1-11-10-25-20(24)19-18(16-9-14-3-2-4-15(23)17(14)26-16)27-21(28(11)19)12-5-7-13(8-6-12)22(29)30/h3-6,11-14,26H,2,7-10H2,1H3,(H2,24,25)(H,29,30);2-4,9-10,12-13,26H,5-8H2,1H3,(H2,24,25)(H,29,30). The normalized spacial score (nSPS) is 19.5. The summed E-state index contributed by atoms with van der Waals surface area (Å²) in [7, 11) is 0. The van der Waals surface area contributed by atoms with Crippen LogP contribution in [-0.2, 0) is 16.0 Å². The molecule has 0 bridgehead atoms. The first kappa shape index (κ1) is 39.1. The van der Waals surface area contributed by atoms with E-state index >= 15 is 0 Å². The minimum atomic E-state index is -0.707. The van der Waals surface area contributed by atoms with E-state index in [4.69, 9.17) is 33.0 Å². The molecule has 8 aromatic rings. The molecule has 0 radical (unpaired) electrons. The van der Waals surface area contributed by atoms with E-state index in [1.54, 1.807) is 6.20 Å². The minimum Gasteiger partial charge on any atom is -0.481 e. The second kappa shape index (κ2) is 15.6. The van der Waals surface area contributed by atoms with E-state index in [9.17, 15) is 19.8 Å². The van der Waals surface area contributed by atoms with Crippen molar-refractivity contribution in [2.75, 3.05) is 11.5 Å². The van der Waals surface area contributed by atoms with Crippen molar-refractivity contribution in [3.8, 4) is 22.8 Å². The number of carboxylic acids is 2. The number of halogens is 1. The Kier molecular flexibility index (Phi) is 10.2. The van der Waals surface area contributed by atoms with Crippen molar-refractivity contribution in [3.63, 3.8) is 0 Å². The quantitative estimate of drug-likeness (QED) is 0.0895. The van der Waals surface area contributed by atoms with E-state index < -0.39 is 11.9 Å². The van der Waals surface area contributed by atoms with Gasteiger partial charge in [-0.15, -0.1) is 0 Å². The highest BCUT2D eigenvalue weighted by Crippen LogP contribution is 2.41. The lowest BCUT2D eigenvalue weighted by Crippen LogP contribution is -2.22. The van der Waals surface area contributed by atoms with Gasteiger partial charge in [0, 0.05) is 51.9 Å². The maximum Gasteiger partial charge on any atom is 0.306 e. The van der Waals surface area contributed by atoms with Crippen molar-refractivity contribution in [3.05, 3.63) is 95.1 Å². The van der Waals surface area contributed by atoms with E-state index in [0.29, 0.717) is 42.3 Å². The van der Waals surface area contributed by atoms with Gasteiger partial charge in [0.25, 0.3) is 0 Å². The zero-order chi connectivity index (χ0) is 41.8. The number of carbonyl (C=O) groups is 2. The molecular weight excluding hydrogens is 780 g/mol. The molecule has 0 unspecified atom stereocenters. The number of rotatable bonds is 7. The number of para-hydroxylation sites is 2. The highest BCUT2D eigenvalue weighted by Gasteiger charge is 2.33. The van der Waals surface area contributed by atoms with Gasteiger partial charge in [-0.05, 0) is 89.0 Å². The SMILES string of the molecule is CCc1cnc(N)c2c(-c3cc4ccccc4[nH]3)nc(C3CCC(C(=O)O)CC3)n12.Cc1cnc(N)c2c(-c3cc4cccc(Cl)c4[nH]3)nc(C3CCC(C(=O)O)CC3)n12. The van der Waals surface area contributed by atoms with Gasteiger partial charge in [0.1, 0.15) is 45.7 Å². The van der Waals surface area contributed by atoms with Crippen LogP contribution in [0, 0.1) is 18.8 Å². The molecule has 0 aliphatic heterocycles. The summed E-state index contributed by atoms with van der Waals surface area (Å²) >= 11 is 6.36. The first-order chi connectivity index (χ1) is 29.0. The Morgan fingerprint density at radius 1 is 0.733 bits per heavy atom. The first-order valence-electron chi connectivity index (χ1n) is 20.6. The van der Waals surface area contributed by atoms with Crippen LogP contribution in [0.5, 0.6) is 0 Å². The molecule has 0 spiro atoms. The van der Waals surface area contributed by atoms with Gasteiger partial charge in [-0.2, -0.15) is 0 Å². The Labute approximate surface area is 350 Å². The molecule has 2 fully saturated rings. The molecule has 6 heterocycles. The zero-order valence-electron chi connectivity index (χ0n) is 33.5. The lowest BCUT2D eigenvalue weighted by atomic mass is 9.81. The van der Waals surface area contributed by atoms with Gasteiger partial charge < -0.3 is 31.6 Å². The number of hydrogen-bond acceptors (Lipinski definition) is 8. The maximum atomic E-state index is 11.4. The van der Waals surface area contributed by atoms with Gasteiger partial charge in [0.15, 0.2) is 0 Å². The molecule has 8 N–H and O–H groups in total. The molecule has 2 saturated carbocycles. The number of aromatic nitrogens is 8. The third-order valence-electron chi connectivity index (χ3n) is 12.6. The molecule has 14 nitrogen and oxygen atoms in total. The molecule has 15 heteroatoms. The summed E-state index contributed by atoms with van der Waals surface area (Å²) in [5.41, 5.74) is 21.5. The van der Waals surface area contributed by atoms with Gasteiger partial charge in [-0.3, -0.25) is 18.4 Å². The number of H-pyrrole nitrogens is 2. The molecule has 2 aliphatic carbocycles. The summed E-state index contributed by atoms with van der Waals surface area (Å²) in [4.78, 5) is 48.5. The average molecular weight is 827 g/mol. The van der Waals surface area contributed by atoms with Crippen LogP contribution in [0.3, 0.4) is 0 Å². The van der Waals surface area contributed by atoms with E-state index in [1.807, 2.05) is 55.6 Å². The fourth-order valence-electron chi connectivity index (χ4n) is 9.36. The molecule has 308 valence electrons. The Morgan fingerprint density at radius 3 is 1.85 bits per heavy atom. The Morgan fingerprint density at radius 2 is 1.27 bits per heavy atom. The number of nitrogens with one attached hydrogen (secondary N) is 2. The summed E-state index contributed by atoms with van der Waals surface area (Å²) in [6.45, 7) is 4.08. The number of hydrogen-bond donors (Lipinski definition) is 6. The highest BCUT2D eigenvalue weighted by molar-refractivity contribution is 6.35. The number of benzene rings is 2. The van der Waals surface area contributed by atoms with E-state index in [2.05, 4.69) is 47.8 Å². The summed E-state index contributed by atoms with van der Waals surface area (Å²) in [6.07, 6.45) is 10.3. The van der Waals surface area contributed by atoms with Crippen molar-refractivity contribution in [1.82, 2.24) is 38.7 Å². The summed E-state index contributed by atoms with van der Waals surface area (Å²) in [5.74, 6) is 1.22. The number of fused-ring (bicyclic) bond motifs is 4. The van der Waals surface area contributed by atoms with Crippen LogP contribution in [-0.4, -0.2) is 60.9 Å².